The normalized spacial score (nSPS) is 19.1. The van der Waals surface area contributed by atoms with E-state index in [0.717, 1.165) is 17.9 Å². The standard InChI is InChI=1S/C26H38N4O6S2/c1-18-15-30(19(2)17-31)26(33)21-14-20(27-24(32)8-6-12-28(3)4)10-11-22(21)36-23(18)16-29(5)38(34,35)25-9-7-13-37-25/h7,9-11,13-14,18-19,23,31H,6,8,12,15-17H2,1-5H3,(H,27,32)/t18-,19+,23-/m1/s1. The third-order valence-electron chi connectivity index (χ3n) is 6.55. The van der Waals surface area contributed by atoms with Crippen molar-refractivity contribution in [2.24, 2.45) is 5.92 Å². The first-order valence-electron chi connectivity index (χ1n) is 12.6. The summed E-state index contributed by atoms with van der Waals surface area (Å²) in [6.07, 6.45) is 0.481. The number of fused-ring (bicyclic) bond motifs is 1. The number of hydrogen-bond donors (Lipinski definition) is 2. The predicted octanol–water partition coefficient (Wildman–Crippen LogP) is 2.57. The number of likely N-dealkylation sites (N-methyl/N-ethyl adjacent to an activating group) is 1. The minimum atomic E-state index is -3.69. The molecule has 3 rings (SSSR count). The molecule has 3 atom stereocenters. The molecule has 0 radical (unpaired) electrons. The summed E-state index contributed by atoms with van der Waals surface area (Å²) in [4.78, 5) is 29.6. The first-order valence-corrected chi connectivity index (χ1v) is 14.9. The van der Waals surface area contributed by atoms with Crippen LogP contribution in [-0.2, 0) is 14.8 Å². The number of anilines is 1. The van der Waals surface area contributed by atoms with E-state index in [1.807, 2.05) is 25.9 Å². The smallest absolute Gasteiger partial charge is 0.258 e. The number of hydrogen-bond acceptors (Lipinski definition) is 8. The quantitative estimate of drug-likeness (QED) is 0.429. The van der Waals surface area contributed by atoms with E-state index in [2.05, 4.69) is 5.32 Å². The van der Waals surface area contributed by atoms with Crippen LogP contribution in [0.15, 0.2) is 39.9 Å². The molecule has 1 aliphatic rings. The van der Waals surface area contributed by atoms with E-state index in [9.17, 15) is 23.1 Å². The summed E-state index contributed by atoms with van der Waals surface area (Å²) in [5.41, 5.74) is 0.715. The van der Waals surface area contributed by atoms with Gasteiger partial charge < -0.3 is 25.0 Å². The lowest BCUT2D eigenvalue weighted by Gasteiger charge is -2.38. The van der Waals surface area contributed by atoms with Crippen LogP contribution in [-0.4, -0.2) is 99.0 Å². The molecule has 210 valence electrons. The van der Waals surface area contributed by atoms with E-state index in [4.69, 9.17) is 4.74 Å². The minimum Gasteiger partial charge on any atom is -0.488 e. The van der Waals surface area contributed by atoms with E-state index in [1.54, 1.807) is 47.5 Å². The highest BCUT2D eigenvalue weighted by Gasteiger charge is 2.35. The van der Waals surface area contributed by atoms with Crippen molar-refractivity contribution < 1.29 is 27.9 Å². The van der Waals surface area contributed by atoms with E-state index in [-0.39, 0.29) is 47.2 Å². The van der Waals surface area contributed by atoms with Crippen molar-refractivity contribution in [3.8, 4) is 5.75 Å². The Morgan fingerprint density at radius 2 is 2.03 bits per heavy atom. The van der Waals surface area contributed by atoms with Crippen molar-refractivity contribution in [1.82, 2.24) is 14.1 Å². The Morgan fingerprint density at radius 1 is 1.29 bits per heavy atom. The molecule has 2 aromatic rings. The second kappa shape index (κ2) is 13.0. The van der Waals surface area contributed by atoms with Gasteiger partial charge in [0, 0.05) is 31.6 Å². The molecular weight excluding hydrogens is 528 g/mol. The number of aliphatic hydroxyl groups is 1. The molecule has 0 aliphatic carbocycles. The summed E-state index contributed by atoms with van der Waals surface area (Å²) in [5.74, 6) is -0.416. The zero-order valence-electron chi connectivity index (χ0n) is 22.6. The van der Waals surface area contributed by atoms with Crippen LogP contribution in [0.5, 0.6) is 5.75 Å². The molecule has 2 heterocycles. The molecule has 2 amide bonds. The third kappa shape index (κ3) is 7.32. The molecule has 0 fully saturated rings. The molecule has 0 spiro atoms. The molecule has 1 aromatic heterocycles. The van der Waals surface area contributed by atoms with Gasteiger partial charge in [-0.2, -0.15) is 4.31 Å². The van der Waals surface area contributed by atoms with Gasteiger partial charge in [0.1, 0.15) is 16.1 Å². The van der Waals surface area contributed by atoms with Gasteiger partial charge in [-0.1, -0.05) is 13.0 Å². The Hall–Kier alpha value is -2.51. The molecular formula is C26H38N4O6S2. The molecule has 2 N–H and O–H groups in total. The van der Waals surface area contributed by atoms with Crippen LogP contribution in [0.1, 0.15) is 37.0 Å². The molecule has 10 nitrogen and oxygen atoms in total. The van der Waals surface area contributed by atoms with Crippen molar-refractivity contribution in [3.05, 3.63) is 41.3 Å². The van der Waals surface area contributed by atoms with Gasteiger partial charge in [0.15, 0.2) is 0 Å². The maximum atomic E-state index is 13.6. The van der Waals surface area contributed by atoms with Gasteiger partial charge >= 0.3 is 0 Å². The summed E-state index contributed by atoms with van der Waals surface area (Å²) < 4.78 is 33.9. The van der Waals surface area contributed by atoms with Gasteiger partial charge in [0.25, 0.3) is 15.9 Å². The van der Waals surface area contributed by atoms with Gasteiger partial charge in [0.05, 0.1) is 24.8 Å². The van der Waals surface area contributed by atoms with E-state index < -0.39 is 22.2 Å². The fourth-order valence-electron chi connectivity index (χ4n) is 4.21. The number of amides is 2. The van der Waals surface area contributed by atoms with Crippen molar-refractivity contribution in [2.75, 3.05) is 52.7 Å². The Kier molecular flexibility index (Phi) is 10.3. The number of nitrogens with zero attached hydrogens (tertiary/aromatic N) is 3. The molecule has 0 saturated heterocycles. The van der Waals surface area contributed by atoms with Gasteiger partial charge in [-0.05, 0) is 63.6 Å². The van der Waals surface area contributed by atoms with Gasteiger partial charge in [-0.3, -0.25) is 9.59 Å². The summed E-state index contributed by atoms with van der Waals surface area (Å²) in [7, 11) is 1.71. The van der Waals surface area contributed by atoms with Gasteiger partial charge in [-0.25, -0.2) is 8.42 Å². The number of benzene rings is 1. The van der Waals surface area contributed by atoms with Crippen LogP contribution in [0.2, 0.25) is 0 Å². The number of sulfonamides is 1. The zero-order chi connectivity index (χ0) is 28.0. The van der Waals surface area contributed by atoms with Crippen LogP contribution < -0.4 is 10.1 Å². The number of ether oxygens (including phenoxy) is 1. The van der Waals surface area contributed by atoms with Crippen LogP contribution in [0, 0.1) is 5.92 Å². The maximum absolute atomic E-state index is 13.6. The number of aliphatic hydroxyl groups excluding tert-OH is 1. The van der Waals surface area contributed by atoms with E-state index in [1.165, 1.54) is 11.4 Å². The van der Waals surface area contributed by atoms with E-state index >= 15 is 0 Å². The van der Waals surface area contributed by atoms with Crippen molar-refractivity contribution in [3.63, 3.8) is 0 Å². The fourth-order valence-corrected chi connectivity index (χ4v) is 6.60. The summed E-state index contributed by atoms with van der Waals surface area (Å²) in [5, 5.41) is 14.4. The highest BCUT2D eigenvalue weighted by Crippen LogP contribution is 2.31. The number of nitrogens with one attached hydrogen (secondary N) is 1. The van der Waals surface area contributed by atoms with Crippen LogP contribution in [0.3, 0.4) is 0 Å². The molecule has 38 heavy (non-hydrogen) atoms. The average Bonchev–Trinajstić information content (AvgIpc) is 3.42. The number of rotatable bonds is 11. The zero-order valence-corrected chi connectivity index (χ0v) is 24.2. The van der Waals surface area contributed by atoms with Crippen LogP contribution in [0.4, 0.5) is 5.69 Å². The molecule has 1 aliphatic heterocycles. The monoisotopic (exact) mass is 566 g/mol. The first kappa shape index (κ1) is 30.0. The Labute approximate surface area is 229 Å². The first-order chi connectivity index (χ1) is 17.9. The SMILES string of the molecule is C[C@@H]1CN([C@@H](C)CO)C(=O)c2cc(NC(=O)CCCN(C)C)ccc2O[C@@H]1CN(C)S(=O)(=O)c1cccs1. The lowest BCUT2D eigenvalue weighted by Crippen LogP contribution is -2.50. The van der Waals surface area contributed by atoms with Crippen molar-refractivity contribution >= 4 is 38.9 Å². The number of thiophene rings is 1. The Morgan fingerprint density at radius 3 is 2.66 bits per heavy atom. The van der Waals surface area contributed by atoms with Crippen LogP contribution in [0.25, 0.3) is 0 Å². The molecule has 0 unspecified atom stereocenters. The number of carbonyl (C=O) groups is 2. The largest absolute Gasteiger partial charge is 0.488 e. The van der Waals surface area contributed by atoms with Gasteiger partial charge in [-0.15, -0.1) is 11.3 Å². The molecule has 0 bridgehead atoms. The average molecular weight is 567 g/mol. The van der Waals surface area contributed by atoms with Crippen LogP contribution >= 0.6 is 11.3 Å². The topological polar surface area (TPSA) is 119 Å². The Balaban J connectivity index is 1.88. The summed E-state index contributed by atoms with van der Waals surface area (Å²) >= 11 is 1.15. The highest BCUT2D eigenvalue weighted by molar-refractivity contribution is 7.91. The second-order valence-electron chi connectivity index (χ2n) is 10.0. The van der Waals surface area contributed by atoms with Crippen molar-refractivity contribution in [2.45, 2.75) is 43.0 Å². The van der Waals surface area contributed by atoms with E-state index in [0.29, 0.717) is 24.3 Å². The maximum Gasteiger partial charge on any atom is 0.258 e. The number of carbonyl (C=O) groups excluding carboxylic acids is 2. The highest BCUT2D eigenvalue weighted by atomic mass is 32.2. The lowest BCUT2D eigenvalue weighted by molar-refractivity contribution is -0.116. The van der Waals surface area contributed by atoms with Gasteiger partial charge in [0.2, 0.25) is 5.91 Å². The second-order valence-corrected chi connectivity index (χ2v) is 13.2. The predicted molar refractivity (Wildman–Crippen MR) is 148 cm³/mol. The fraction of sp³-hybridized carbons (Fsp3) is 0.538. The molecule has 1 aromatic carbocycles. The lowest BCUT2D eigenvalue weighted by atomic mass is 9.99. The van der Waals surface area contributed by atoms with Crippen molar-refractivity contribution in [1.29, 1.82) is 0 Å². The Bertz CT molecular complexity index is 1200. The molecule has 12 heteroatoms. The molecule has 0 saturated carbocycles. The summed E-state index contributed by atoms with van der Waals surface area (Å²) in [6, 6.07) is 7.67. The minimum absolute atomic E-state index is 0.0702. The third-order valence-corrected chi connectivity index (χ3v) is 9.75. The summed E-state index contributed by atoms with van der Waals surface area (Å²) in [6.45, 7) is 4.54.